The molecule has 3 amide bonds. The van der Waals surface area contributed by atoms with Crippen molar-refractivity contribution in [1.82, 2.24) is 10.2 Å². The Kier molecular flexibility index (Phi) is 5.64. The summed E-state index contributed by atoms with van der Waals surface area (Å²) in [4.78, 5) is 35.1. The maximum Gasteiger partial charge on any atom is 0.253 e. The first-order valence-electron chi connectivity index (χ1n) is 7.03. The highest BCUT2D eigenvalue weighted by molar-refractivity contribution is 6.13. The van der Waals surface area contributed by atoms with Gasteiger partial charge in [-0.25, -0.2) is 17.6 Å². The normalized spacial score (nSPS) is 13.9. The molecule has 2 rings (SSSR count). The summed E-state index contributed by atoms with van der Waals surface area (Å²) in [7, 11) is 0. The summed E-state index contributed by atoms with van der Waals surface area (Å²) in [5, 5.41) is 7.37. The molecule has 0 atom stereocenters. The number of nitrogens with zero attached hydrogens (tertiary/aromatic N) is 3. The molecule has 0 aromatic heterocycles. The van der Waals surface area contributed by atoms with Crippen LogP contribution < -0.4 is 11.2 Å². The van der Waals surface area contributed by atoms with E-state index in [-0.39, 0.29) is 13.0 Å². The van der Waals surface area contributed by atoms with Crippen LogP contribution in [0.5, 0.6) is 0 Å². The van der Waals surface area contributed by atoms with Crippen LogP contribution >= 0.6 is 0 Å². The molecule has 0 saturated carbocycles. The van der Waals surface area contributed by atoms with Gasteiger partial charge in [-0.3, -0.25) is 19.3 Å². The van der Waals surface area contributed by atoms with Crippen LogP contribution in [0.15, 0.2) is 22.5 Å². The molecule has 1 aromatic rings. The molecule has 0 fully saturated rings. The molecule has 8 nitrogen and oxygen atoms in total. The highest BCUT2D eigenvalue weighted by Gasteiger charge is 2.26. The Morgan fingerprint density at radius 1 is 1.04 bits per heavy atom. The largest absolute Gasteiger partial charge is 0.352 e. The molecule has 1 aliphatic rings. The summed E-state index contributed by atoms with van der Waals surface area (Å²) in [5.74, 6) is -4.57. The average molecular weight is 373 g/mol. The maximum atomic E-state index is 13.8. The molecule has 26 heavy (non-hydrogen) atoms. The standard InChI is InChI=1S/C14H11F4N5O3/c15-10-6(11(16)13(18)14(12(10)17)21-22-19)5-20-7(24)3-4-23-8(25)1-2-9(23)26/h1-2H,3-5H2,(H2,19,21)(H,20,24). The van der Waals surface area contributed by atoms with Gasteiger partial charge in [0.25, 0.3) is 11.8 Å². The van der Waals surface area contributed by atoms with Gasteiger partial charge in [0.2, 0.25) is 5.91 Å². The number of nitrogens with two attached hydrogens (primary N) is 1. The minimum atomic E-state index is -1.82. The summed E-state index contributed by atoms with van der Waals surface area (Å²) < 4.78 is 55.0. The molecule has 12 heteroatoms. The van der Waals surface area contributed by atoms with Gasteiger partial charge >= 0.3 is 0 Å². The van der Waals surface area contributed by atoms with Crippen LogP contribution in [0.4, 0.5) is 23.2 Å². The van der Waals surface area contributed by atoms with Crippen LogP contribution in [0.3, 0.4) is 0 Å². The van der Waals surface area contributed by atoms with E-state index in [9.17, 15) is 31.9 Å². The van der Waals surface area contributed by atoms with Crippen LogP contribution in [-0.4, -0.2) is 29.2 Å². The van der Waals surface area contributed by atoms with Crippen LogP contribution in [0.25, 0.3) is 0 Å². The minimum absolute atomic E-state index is 0.264. The van der Waals surface area contributed by atoms with Gasteiger partial charge in [-0.15, -0.1) is 5.11 Å². The monoisotopic (exact) mass is 373 g/mol. The van der Waals surface area contributed by atoms with Gasteiger partial charge in [0.1, 0.15) is 0 Å². The predicted octanol–water partition coefficient (Wildman–Crippen LogP) is 1.13. The van der Waals surface area contributed by atoms with Crippen molar-refractivity contribution in [2.24, 2.45) is 16.2 Å². The Labute approximate surface area is 143 Å². The second-order valence-corrected chi connectivity index (χ2v) is 4.99. The number of nitrogens with one attached hydrogen (secondary N) is 1. The van der Waals surface area contributed by atoms with E-state index in [0.29, 0.717) is 0 Å². The van der Waals surface area contributed by atoms with E-state index >= 15 is 0 Å². The Morgan fingerprint density at radius 3 is 2.08 bits per heavy atom. The molecule has 1 heterocycles. The predicted molar refractivity (Wildman–Crippen MR) is 77.3 cm³/mol. The highest BCUT2D eigenvalue weighted by Crippen LogP contribution is 2.30. The summed E-state index contributed by atoms with van der Waals surface area (Å²) in [6.07, 6.45) is 1.68. The second kappa shape index (κ2) is 7.72. The zero-order valence-corrected chi connectivity index (χ0v) is 12.9. The summed E-state index contributed by atoms with van der Waals surface area (Å²) >= 11 is 0. The summed E-state index contributed by atoms with van der Waals surface area (Å²) in [5.41, 5.74) is -2.41. The van der Waals surface area contributed by atoms with Crippen molar-refractivity contribution in [1.29, 1.82) is 0 Å². The fraction of sp³-hybridized carbons (Fsp3) is 0.214. The molecule has 3 N–H and O–H groups in total. The third-order valence-corrected chi connectivity index (χ3v) is 3.41. The molecular weight excluding hydrogens is 362 g/mol. The van der Waals surface area contributed by atoms with Crippen molar-refractivity contribution in [3.63, 3.8) is 0 Å². The molecule has 0 aliphatic carbocycles. The lowest BCUT2D eigenvalue weighted by molar-refractivity contribution is -0.137. The molecule has 0 spiro atoms. The zero-order chi connectivity index (χ0) is 19.4. The Hall–Kier alpha value is -3.31. The lowest BCUT2D eigenvalue weighted by Gasteiger charge is -2.14. The van der Waals surface area contributed by atoms with Crippen molar-refractivity contribution in [2.45, 2.75) is 13.0 Å². The Balaban J connectivity index is 2.04. The summed E-state index contributed by atoms with van der Waals surface area (Å²) in [6, 6.07) is 0. The van der Waals surface area contributed by atoms with Crippen molar-refractivity contribution in [3.8, 4) is 0 Å². The van der Waals surface area contributed by atoms with E-state index < -0.39 is 58.8 Å². The Bertz CT molecular complexity index is 793. The number of benzene rings is 1. The van der Waals surface area contributed by atoms with Crippen molar-refractivity contribution in [3.05, 3.63) is 41.0 Å². The molecule has 0 saturated heterocycles. The van der Waals surface area contributed by atoms with Gasteiger partial charge < -0.3 is 11.2 Å². The molecule has 1 aliphatic heterocycles. The van der Waals surface area contributed by atoms with E-state index in [4.69, 9.17) is 0 Å². The highest BCUT2D eigenvalue weighted by atomic mass is 19.2. The third kappa shape index (κ3) is 3.68. The van der Waals surface area contributed by atoms with Crippen LogP contribution in [0.1, 0.15) is 12.0 Å². The first-order chi connectivity index (χ1) is 12.3. The van der Waals surface area contributed by atoms with E-state index in [1.807, 2.05) is 5.32 Å². The first kappa shape index (κ1) is 19.0. The fourth-order valence-corrected chi connectivity index (χ4v) is 2.11. The molecule has 0 bridgehead atoms. The second-order valence-electron chi connectivity index (χ2n) is 4.99. The lowest BCUT2D eigenvalue weighted by Crippen LogP contribution is -2.34. The number of amides is 3. The SMILES string of the molecule is NN=Nc1c(F)c(F)c(CNC(=O)CCN2C(=O)C=CC2=O)c(F)c1F. The minimum Gasteiger partial charge on any atom is -0.352 e. The van der Waals surface area contributed by atoms with E-state index in [0.717, 1.165) is 17.1 Å². The maximum absolute atomic E-state index is 13.8. The van der Waals surface area contributed by atoms with Crippen molar-refractivity contribution >= 4 is 23.4 Å². The van der Waals surface area contributed by atoms with Gasteiger partial charge in [0, 0.05) is 37.2 Å². The van der Waals surface area contributed by atoms with E-state index in [1.54, 1.807) is 0 Å². The van der Waals surface area contributed by atoms with Crippen molar-refractivity contribution in [2.75, 3.05) is 6.54 Å². The molecule has 1 aromatic carbocycles. The smallest absolute Gasteiger partial charge is 0.253 e. The van der Waals surface area contributed by atoms with Gasteiger partial charge in [0.15, 0.2) is 29.0 Å². The Morgan fingerprint density at radius 2 is 1.58 bits per heavy atom. The molecule has 0 radical (unpaired) electrons. The number of carbonyl (C=O) groups is 3. The van der Waals surface area contributed by atoms with Gasteiger partial charge in [0.05, 0.1) is 0 Å². The number of hydrogen-bond acceptors (Lipinski definition) is 5. The fourth-order valence-electron chi connectivity index (χ4n) is 2.11. The van der Waals surface area contributed by atoms with Crippen LogP contribution in [-0.2, 0) is 20.9 Å². The van der Waals surface area contributed by atoms with E-state index in [1.165, 1.54) is 0 Å². The zero-order valence-electron chi connectivity index (χ0n) is 12.9. The molecule has 0 unspecified atom stereocenters. The number of halogens is 4. The van der Waals surface area contributed by atoms with Crippen LogP contribution in [0.2, 0.25) is 0 Å². The average Bonchev–Trinajstić information content (AvgIpc) is 2.93. The van der Waals surface area contributed by atoms with Crippen molar-refractivity contribution < 1.29 is 31.9 Å². The number of rotatable bonds is 6. The van der Waals surface area contributed by atoms with Gasteiger partial charge in [-0.1, -0.05) is 5.22 Å². The first-order valence-corrected chi connectivity index (χ1v) is 7.03. The van der Waals surface area contributed by atoms with E-state index in [2.05, 4.69) is 16.2 Å². The molecular formula is C14H11F4N5O3. The van der Waals surface area contributed by atoms with Crippen LogP contribution in [0, 0.1) is 23.3 Å². The number of imide groups is 1. The topological polar surface area (TPSA) is 117 Å². The number of hydrogen-bond donors (Lipinski definition) is 2. The quantitative estimate of drug-likeness (QED) is 0.194. The third-order valence-electron chi connectivity index (χ3n) is 3.41. The van der Waals surface area contributed by atoms with Gasteiger partial charge in [-0.05, 0) is 0 Å². The molecule has 138 valence electrons. The lowest BCUT2D eigenvalue weighted by atomic mass is 10.1. The number of carbonyl (C=O) groups excluding carboxylic acids is 3. The van der Waals surface area contributed by atoms with Gasteiger partial charge in [-0.2, -0.15) is 0 Å². The summed E-state index contributed by atoms with van der Waals surface area (Å²) in [6.45, 7) is -1.13.